The van der Waals surface area contributed by atoms with E-state index >= 15 is 0 Å². The summed E-state index contributed by atoms with van der Waals surface area (Å²) in [5.41, 5.74) is 7.15. The molecule has 28 heavy (non-hydrogen) atoms. The minimum Gasteiger partial charge on any atom is -0.494 e. The van der Waals surface area contributed by atoms with Crippen LogP contribution in [0, 0.1) is 6.07 Å². The molecule has 1 radical (unpaired) electrons. The molecule has 0 unspecified atom stereocenters. The second-order valence-corrected chi connectivity index (χ2v) is 6.81. The maximum Gasteiger partial charge on any atom is 0.339 e. The first-order valence-corrected chi connectivity index (χ1v) is 9.11. The van der Waals surface area contributed by atoms with Crippen LogP contribution in [0.4, 0.5) is 4.79 Å². The van der Waals surface area contributed by atoms with Crippen LogP contribution in [0.25, 0.3) is 22.6 Å². The number of aliphatic carboxylic acids is 1. The Hall–Kier alpha value is -3.36. The summed E-state index contributed by atoms with van der Waals surface area (Å²) in [6.07, 6.45) is 1.62. The number of hydrogen-bond donors (Lipinski definition) is 3. The first kappa shape index (κ1) is 18.0. The van der Waals surface area contributed by atoms with E-state index in [9.17, 15) is 14.7 Å². The number of primary amides is 1. The fourth-order valence-electron chi connectivity index (χ4n) is 3.37. The van der Waals surface area contributed by atoms with Gasteiger partial charge in [0.2, 0.25) is 0 Å². The molecule has 2 heterocycles. The van der Waals surface area contributed by atoms with Crippen LogP contribution in [0.5, 0.6) is 5.75 Å². The van der Waals surface area contributed by atoms with Crippen molar-refractivity contribution in [1.82, 2.24) is 19.7 Å². The first-order chi connectivity index (χ1) is 13.4. The lowest BCUT2D eigenvalue weighted by atomic mass is 10.0. The van der Waals surface area contributed by atoms with Crippen LogP contribution < -0.4 is 10.5 Å². The SMILES string of the molecule is CCOc1cc2nc(-c3[c]c(C4(C(=O)O)CC4)n(C(N)=O)n3)[nH]c2cc1CC. The summed E-state index contributed by atoms with van der Waals surface area (Å²) in [7, 11) is 0. The molecular formula is C19H20N5O4. The van der Waals surface area contributed by atoms with Gasteiger partial charge in [-0.1, -0.05) is 6.92 Å². The van der Waals surface area contributed by atoms with Gasteiger partial charge in [-0.2, -0.15) is 9.78 Å². The van der Waals surface area contributed by atoms with Crippen molar-refractivity contribution in [1.29, 1.82) is 0 Å². The van der Waals surface area contributed by atoms with Crippen LogP contribution in [-0.2, 0) is 16.6 Å². The van der Waals surface area contributed by atoms with Crippen LogP contribution in [-0.4, -0.2) is 43.5 Å². The number of imidazole rings is 1. The second kappa shape index (κ2) is 6.36. The summed E-state index contributed by atoms with van der Waals surface area (Å²) in [4.78, 5) is 31.1. The van der Waals surface area contributed by atoms with Crippen molar-refractivity contribution in [2.45, 2.75) is 38.5 Å². The molecule has 4 rings (SSSR count). The van der Waals surface area contributed by atoms with Crippen molar-refractivity contribution in [3.8, 4) is 17.3 Å². The molecule has 1 aromatic carbocycles. The molecule has 1 aliphatic rings. The van der Waals surface area contributed by atoms with Gasteiger partial charge < -0.3 is 20.6 Å². The molecule has 9 nitrogen and oxygen atoms in total. The molecule has 145 valence electrons. The molecule has 1 saturated carbocycles. The number of nitrogens with one attached hydrogen (secondary N) is 1. The van der Waals surface area contributed by atoms with Gasteiger partial charge >= 0.3 is 12.0 Å². The maximum atomic E-state index is 11.8. The Bertz CT molecular complexity index is 1090. The normalized spacial score (nSPS) is 14.9. The van der Waals surface area contributed by atoms with Crippen LogP contribution >= 0.6 is 0 Å². The van der Waals surface area contributed by atoms with Crippen LogP contribution in [0.1, 0.15) is 37.9 Å². The minimum atomic E-state index is -1.16. The van der Waals surface area contributed by atoms with Gasteiger partial charge in [0.1, 0.15) is 16.9 Å². The van der Waals surface area contributed by atoms with Crippen molar-refractivity contribution in [3.05, 3.63) is 29.5 Å². The number of nitrogens with zero attached hydrogens (tertiary/aromatic N) is 3. The van der Waals surface area contributed by atoms with Gasteiger partial charge in [-0.15, -0.1) is 0 Å². The Morgan fingerprint density at radius 1 is 1.39 bits per heavy atom. The highest BCUT2D eigenvalue weighted by Crippen LogP contribution is 2.48. The van der Waals surface area contributed by atoms with Crippen LogP contribution in [0.15, 0.2) is 12.1 Å². The number of hydrogen-bond acceptors (Lipinski definition) is 5. The lowest BCUT2D eigenvalue weighted by Crippen LogP contribution is -2.30. The third kappa shape index (κ3) is 2.70. The molecule has 1 amide bonds. The van der Waals surface area contributed by atoms with Crippen LogP contribution in [0.3, 0.4) is 0 Å². The van der Waals surface area contributed by atoms with Crippen molar-refractivity contribution >= 4 is 23.0 Å². The molecule has 1 fully saturated rings. The lowest BCUT2D eigenvalue weighted by Gasteiger charge is -2.09. The van der Waals surface area contributed by atoms with Gasteiger partial charge in [-0.3, -0.25) is 4.79 Å². The predicted octanol–water partition coefficient (Wildman–Crippen LogP) is 2.23. The molecule has 0 spiro atoms. The average molecular weight is 382 g/mol. The predicted molar refractivity (Wildman–Crippen MR) is 100 cm³/mol. The minimum absolute atomic E-state index is 0.159. The van der Waals surface area contributed by atoms with E-state index < -0.39 is 17.4 Å². The van der Waals surface area contributed by atoms with E-state index in [4.69, 9.17) is 10.5 Å². The molecule has 3 aromatic rings. The Balaban J connectivity index is 1.82. The zero-order valence-corrected chi connectivity index (χ0v) is 15.6. The number of ether oxygens (including phenoxy) is 1. The smallest absolute Gasteiger partial charge is 0.339 e. The Labute approximate surface area is 160 Å². The quantitative estimate of drug-likeness (QED) is 0.598. The highest BCUT2D eigenvalue weighted by molar-refractivity contribution is 5.87. The topological polar surface area (TPSA) is 136 Å². The summed E-state index contributed by atoms with van der Waals surface area (Å²) < 4.78 is 6.59. The molecule has 4 N–H and O–H groups in total. The number of benzene rings is 1. The summed E-state index contributed by atoms with van der Waals surface area (Å²) in [6, 6.07) is 5.90. The Morgan fingerprint density at radius 2 is 2.14 bits per heavy atom. The number of fused-ring (bicyclic) bond motifs is 1. The third-order valence-electron chi connectivity index (χ3n) is 5.04. The van der Waals surface area contributed by atoms with E-state index in [1.165, 1.54) is 0 Å². The molecule has 0 saturated heterocycles. The molecule has 9 heteroatoms. The molecular weight excluding hydrogens is 362 g/mol. The highest BCUT2D eigenvalue weighted by atomic mass is 16.5. The number of aryl methyl sites for hydroxylation is 1. The number of aromatic nitrogens is 4. The fourth-order valence-corrected chi connectivity index (χ4v) is 3.37. The number of carboxylic acid groups (broad SMARTS) is 1. The Kier molecular flexibility index (Phi) is 4.10. The average Bonchev–Trinajstić information content (AvgIpc) is 3.17. The zero-order valence-electron chi connectivity index (χ0n) is 15.6. The monoisotopic (exact) mass is 382 g/mol. The summed E-state index contributed by atoms with van der Waals surface area (Å²) >= 11 is 0. The standard InChI is InChI=1S/C19H20N5O4/c1-3-10-7-11-12(8-14(10)28-4-2)22-16(21-11)13-9-15(24(23-13)18(20)27)19(5-6-19)17(25)26/h7-8H,3-6H2,1-2H3,(H2,20,27)(H,21,22)(H,25,26). The van der Waals surface area contributed by atoms with Gasteiger partial charge in [-0.05, 0) is 37.8 Å². The van der Waals surface area contributed by atoms with Gasteiger partial charge in [0.15, 0.2) is 5.82 Å². The summed E-state index contributed by atoms with van der Waals surface area (Å²) in [6.45, 7) is 4.51. The number of nitrogens with two attached hydrogens (primary N) is 1. The van der Waals surface area contributed by atoms with E-state index in [-0.39, 0.29) is 11.4 Å². The van der Waals surface area contributed by atoms with E-state index in [1.54, 1.807) is 0 Å². The van der Waals surface area contributed by atoms with Crippen LogP contribution in [0.2, 0.25) is 0 Å². The molecule has 0 bridgehead atoms. The number of carbonyl (C=O) groups is 2. The van der Waals surface area contributed by atoms with E-state index in [1.807, 2.05) is 26.0 Å². The maximum absolute atomic E-state index is 11.8. The first-order valence-electron chi connectivity index (χ1n) is 9.11. The Morgan fingerprint density at radius 3 is 2.71 bits per heavy atom. The molecule has 2 aromatic heterocycles. The molecule has 1 aliphatic carbocycles. The van der Waals surface area contributed by atoms with Gasteiger partial charge in [0, 0.05) is 12.1 Å². The van der Waals surface area contributed by atoms with Gasteiger partial charge in [0.25, 0.3) is 0 Å². The van der Waals surface area contributed by atoms with Gasteiger partial charge in [-0.25, -0.2) is 9.78 Å². The number of aromatic amines is 1. The second-order valence-electron chi connectivity index (χ2n) is 6.81. The third-order valence-corrected chi connectivity index (χ3v) is 5.04. The van der Waals surface area contributed by atoms with Crippen molar-refractivity contribution in [3.63, 3.8) is 0 Å². The van der Waals surface area contributed by atoms with Gasteiger partial charge in [0.05, 0.1) is 23.3 Å². The lowest BCUT2D eigenvalue weighted by molar-refractivity contribution is -0.140. The van der Waals surface area contributed by atoms with Crippen molar-refractivity contribution < 1.29 is 19.4 Å². The van der Waals surface area contributed by atoms with Crippen molar-refractivity contribution in [2.24, 2.45) is 5.73 Å². The number of rotatable bonds is 6. The number of carbonyl (C=O) groups excluding carboxylic acids is 1. The van der Waals surface area contributed by atoms with E-state index in [0.29, 0.717) is 30.8 Å². The van der Waals surface area contributed by atoms with E-state index in [2.05, 4.69) is 21.1 Å². The molecule has 0 aliphatic heterocycles. The van der Waals surface area contributed by atoms with Crippen molar-refractivity contribution in [2.75, 3.05) is 6.61 Å². The fraction of sp³-hybridized carbons (Fsp3) is 0.368. The number of H-pyrrole nitrogens is 1. The number of carboxylic acids is 1. The largest absolute Gasteiger partial charge is 0.494 e. The number of amides is 1. The zero-order chi connectivity index (χ0) is 20.1. The van der Waals surface area contributed by atoms with E-state index in [0.717, 1.165) is 27.9 Å². The summed E-state index contributed by atoms with van der Waals surface area (Å²) in [5.74, 6) is 0.134. The molecule has 0 atom stereocenters. The highest BCUT2D eigenvalue weighted by Gasteiger charge is 2.55. The summed E-state index contributed by atoms with van der Waals surface area (Å²) in [5, 5.41) is 13.7.